The second kappa shape index (κ2) is 6.37. The molecule has 0 bridgehead atoms. The maximum atomic E-state index is 11.1. The molecule has 0 spiro atoms. The van der Waals surface area contributed by atoms with Gasteiger partial charge in [-0.2, -0.15) is 0 Å². The summed E-state index contributed by atoms with van der Waals surface area (Å²) in [5.41, 5.74) is 0.660. The van der Waals surface area contributed by atoms with Crippen molar-refractivity contribution in [3.8, 4) is 5.75 Å². The van der Waals surface area contributed by atoms with Gasteiger partial charge in [-0.25, -0.2) is 9.78 Å². The van der Waals surface area contributed by atoms with Gasteiger partial charge in [0.2, 0.25) is 0 Å². The summed E-state index contributed by atoms with van der Waals surface area (Å²) in [5, 5.41) is 9.96. The normalized spacial score (nSPS) is 12.3. The van der Waals surface area contributed by atoms with Gasteiger partial charge in [0.25, 0.3) is 0 Å². The molecule has 2 aromatic rings. The fraction of sp³-hybridized carbons (Fsp3) is 0.375. The van der Waals surface area contributed by atoms with Crippen LogP contribution < -0.4 is 4.74 Å². The summed E-state index contributed by atoms with van der Waals surface area (Å²) in [6.45, 7) is 4.85. The molecule has 4 nitrogen and oxygen atoms in total. The van der Waals surface area contributed by atoms with E-state index in [4.69, 9.17) is 9.84 Å². The lowest BCUT2D eigenvalue weighted by Gasteiger charge is -2.14. The number of para-hydroxylation sites is 1. The Hall–Kier alpha value is -2.10. The molecule has 0 saturated carbocycles. The van der Waals surface area contributed by atoms with Gasteiger partial charge in [-0.1, -0.05) is 32.4 Å². The Kier molecular flexibility index (Phi) is 4.56. The monoisotopic (exact) mass is 273 g/mol. The van der Waals surface area contributed by atoms with Crippen molar-refractivity contribution in [3.05, 3.63) is 36.0 Å². The summed E-state index contributed by atoms with van der Waals surface area (Å²) >= 11 is 0. The second-order valence-corrected chi connectivity index (χ2v) is 5.03. The van der Waals surface area contributed by atoms with Gasteiger partial charge >= 0.3 is 5.97 Å². The highest BCUT2D eigenvalue weighted by Gasteiger charge is 2.12. The maximum Gasteiger partial charge on any atom is 0.354 e. The first-order valence-electron chi connectivity index (χ1n) is 6.87. The summed E-state index contributed by atoms with van der Waals surface area (Å²) in [7, 11) is 0. The van der Waals surface area contributed by atoms with Crippen molar-refractivity contribution in [1.82, 2.24) is 4.98 Å². The van der Waals surface area contributed by atoms with Gasteiger partial charge in [0.15, 0.2) is 5.69 Å². The summed E-state index contributed by atoms with van der Waals surface area (Å²) in [6, 6.07) is 8.93. The molecule has 0 aliphatic carbocycles. The zero-order chi connectivity index (χ0) is 14.5. The van der Waals surface area contributed by atoms with Crippen LogP contribution in [0.4, 0.5) is 0 Å². The van der Waals surface area contributed by atoms with Crippen molar-refractivity contribution in [1.29, 1.82) is 0 Å². The number of fused-ring (bicyclic) bond motifs is 1. The number of carbonyl (C=O) groups is 1. The molecule has 0 aliphatic heterocycles. The van der Waals surface area contributed by atoms with Crippen molar-refractivity contribution in [3.63, 3.8) is 0 Å². The van der Waals surface area contributed by atoms with Crippen LogP contribution in [0.1, 0.15) is 37.2 Å². The maximum absolute atomic E-state index is 11.1. The van der Waals surface area contributed by atoms with E-state index in [0.717, 1.165) is 18.2 Å². The van der Waals surface area contributed by atoms with Crippen LogP contribution in [-0.4, -0.2) is 22.7 Å². The molecule has 1 atom stereocenters. The minimum absolute atomic E-state index is 0.0156. The third kappa shape index (κ3) is 3.26. The van der Waals surface area contributed by atoms with Gasteiger partial charge in [-0.3, -0.25) is 0 Å². The Morgan fingerprint density at radius 3 is 2.85 bits per heavy atom. The molecular formula is C16H19NO3. The summed E-state index contributed by atoms with van der Waals surface area (Å²) < 4.78 is 5.82. The third-order valence-corrected chi connectivity index (χ3v) is 3.20. The smallest absolute Gasteiger partial charge is 0.354 e. The quantitative estimate of drug-likeness (QED) is 0.870. The molecule has 0 amide bonds. The first kappa shape index (κ1) is 14.3. The highest BCUT2D eigenvalue weighted by atomic mass is 16.5. The Labute approximate surface area is 118 Å². The van der Waals surface area contributed by atoms with Crippen molar-refractivity contribution >= 4 is 16.9 Å². The Morgan fingerprint density at radius 1 is 1.40 bits per heavy atom. The van der Waals surface area contributed by atoms with Gasteiger partial charge in [0, 0.05) is 11.5 Å². The minimum atomic E-state index is -1.04. The standard InChI is InChI=1S/C16H19NO3/c1-3-6-11(2)10-20-15-9-14(16(18)19)17-13-8-5-4-7-12(13)15/h4-5,7-9,11H,3,6,10H2,1-2H3,(H,18,19). The first-order chi connectivity index (χ1) is 9.61. The average molecular weight is 273 g/mol. The molecule has 0 radical (unpaired) electrons. The van der Waals surface area contributed by atoms with E-state index in [-0.39, 0.29) is 5.69 Å². The van der Waals surface area contributed by atoms with E-state index in [9.17, 15) is 4.79 Å². The minimum Gasteiger partial charge on any atom is -0.493 e. The Morgan fingerprint density at radius 2 is 2.15 bits per heavy atom. The molecule has 20 heavy (non-hydrogen) atoms. The highest BCUT2D eigenvalue weighted by Crippen LogP contribution is 2.26. The van der Waals surface area contributed by atoms with Crippen LogP contribution in [-0.2, 0) is 0 Å². The molecular weight excluding hydrogens is 254 g/mol. The lowest BCUT2D eigenvalue weighted by atomic mass is 10.1. The number of carboxylic acid groups (broad SMARTS) is 1. The van der Waals surface area contributed by atoms with Gasteiger partial charge in [-0.05, 0) is 24.5 Å². The van der Waals surface area contributed by atoms with E-state index in [1.54, 1.807) is 6.07 Å². The third-order valence-electron chi connectivity index (χ3n) is 3.20. The number of pyridine rings is 1. The number of nitrogens with zero attached hydrogens (tertiary/aromatic N) is 1. The zero-order valence-corrected chi connectivity index (χ0v) is 11.8. The van der Waals surface area contributed by atoms with Gasteiger partial charge in [-0.15, -0.1) is 0 Å². The van der Waals surface area contributed by atoms with Crippen LogP contribution in [0, 0.1) is 5.92 Å². The molecule has 1 unspecified atom stereocenters. The number of carboxylic acids is 1. The van der Waals surface area contributed by atoms with Crippen molar-refractivity contribution in [2.45, 2.75) is 26.7 Å². The second-order valence-electron chi connectivity index (χ2n) is 5.03. The predicted molar refractivity (Wildman–Crippen MR) is 78.3 cm³/mol. The van der Waals surface area contributed by atoms with Crippen LogP contribution in [0.2, 0.25) is 0 Å². The average Bonchev–Trinajstić information content (AvgIpc) is 2.44. The van der Waals surface area contributed by atoms with Crippen LogP contribution in [0.25, 0.3) is 10.9 Å². The number of ether oxygens (including phenoxy) is 1. The van der Waals surface area contributed by atoms with Crippen molar-refractivity contribution in [2.75, 3.05) is 6.61 Å². The van der Waals surface area contributed by atoms with E-state index >= 15 is 0 Å². The Balaban J connectivity index is 2.32. The largest absolute Gasteiger partial charge is 0.493 e. The highest BCUT2D eigenvalue weighted by molar-refractivity contribution is 5.93. The summed E-state index contributed by atoms with van der Waals surface area (Å²) in [5.74, 6) is -0.00151. The molecule has 0 fully saturated rings. The number of benzene rings is 1. The fourth-order valence-corrected chi connectivity index (χ4v) is 2.18. The topological polar surface area (TPSA) is 59.4 Å². The van der Waals surface area contributed by atoms with Crippen LogP contribution in [0.5, 0.6) is 5.75 Å². The van der Waals surface area contributed by atoms with Crippen LogP contribution in [0.15, 0.2) is 30.3 Å². The van der Waals surface area contributed by atoms with Gasteiger partial charge in [0.05, 0.1) is 12.1 Å². The molecule has 4 heteroatoms. The SMILES string of the molecule is CCCC(C)COc1cc(C(=O)O)nc2ccccc12. The van der Waals surface area contributed by atoms with Crippen LogP contribution in [0.3, 0.4) is 0 Å². The van der Waals surface area contributed by atoms with E-state index in [1.807, 2.05) is 18.2 Å². The van der Waals surface area contributed by atoms with Gasteiger partial charge < -0.3 is 9.84 Å². The molecule has 0 saturated heterocycles. The molecule has 1 aromatic heterocycles. The molecule has 1 aromatic carbocycles. The number of rotatable bonds is 6. The molecule has 0 aliphatic rings. The first-order valence-corrected chi connectivity index (χ1v) is 6.87. The van der Waals surface area contributed by atoms with Gasteiger partial charge in [0.1, 0.15) is 5.75 Å². The summed E-state index contributed by atoms with van der Waals surface area (Å²) in [4.78, 5) is 15.2. The summed E-state index contributed by atoms with van der Waals surface area (Å²) in [6.07, 6.45) is 2.21. The lowest BCUT2D eigenvalue weighted by Crippen LogP contribution is -2.09. The zero-order valence-electron chi connectivity index (χ0n) is 11.8. The number of aromatic nitrogens is 1. The van der Waals surface area contributed by atoms with Crippen molar-refractivity contribution in [2.24, 2.45) is 5.92 Å². The van der Waals surface area contributed by atoms with E-state index in [0.29, 0.717) is 23.8 Å². The number of hydrogen-bond acceptors (Lipinski definition) is 3. The van der Waals surface area contributed by atoms with Crippen LogP contribution >= 0.6 is 0 Å². The Bertz CT molecular complexity index is 610. The van der Waals surface area contributed by atoms with E-state index < -0.39 is 5.97 Å². The lowest BCUT2D eigenvalue weighted by molar-refractivity contribution is 0.0690. The molecule has 106 valence electrons. The predicted octanol–water partition coefficient (Wildman–Crippen LogP) is 3.75. The molecule has 2 rings (SSSR count). The molecule has 1 heterocycles. The van der Waals surface area contributed by atoms with E-state index in [1.165, 1.54) is 6.07 Å². The fourth-order valence-electron chi connectivity index (χ4n) is 2.18. The molecule has 1 N–H and O–H groups in total. The number of aromatic carboxylic acids is 1. The van der Waals surface area contributed by atoms with Crippen molar-refractivity contribution < 1.29 is 14.6 Å². The van der Waals surface area contributed by atoms with E-state index in [2.05, 4.69) is 18.8 Å². The number of hydrogen-bond donors (Lipinski definition) is 1.